The molecule has 1 aromatic rings. The smallest absolute Gasteiger partial charge is 0.212 e. The minimum Gasteiger partial charge on any atom is -0.212 e. The number of unbranched alkanes of at least 4 members (excludes halogenated alkanes) is 1. The highest BCUT2D eigenvalue weighted by Crippen LogP contribution is 2.15. The predicted molar refractivity (Wildman–Crippen MR) is 71.4 cm³/mol. The van der Waals surface area contributed by atoms with Crippen LogP contribution in [0.4, 0.5) is 0 Å². The van der Waals surface area contributed by atoms with Crippen LogP contribution in [0.1, 0.15) is 36.9 Å². The van der Waals surface area contributed by atoms with Gasteiger partial charge in [-0.3, -0.25) is 0 Å². The molecule has 0 aliphatic rings. The van der Waals surface area contributed by atoms with Gasteiger partial charge in [0.25, 0.3) is 0 Å². The zero-order chi connectivity index (χ0) is 13.6. The number of nitrogens with zero attached hydrogens (tertiary/aromatic N) is 1. The van der Waals surface area contributed by atoms with Crippen LogP contribution in [0.5, 0.6) is 0 Å². The van der Waals surface area contributed by atoms with E-state index >= 15 is 0 Å². The van der Waals surface area contributed by atoms with Gasteiger partial charge in [-0.15, -0.1) is 0 Å². The van der Waals surface area contributed by atoms with Crippen molar-refractivity contribution >= 4 is 10.0 Å². The average molecular weight is 266 g/mol. The van der Waals surface area contributed by atoms with E-state index in [9.17, 15) is 8.42 Å². The second-order valence-electron chi connectivity index (χ2n) is 4.27. The van der Waals surface area contributed by atoms with E-state index in [0.717, 1.165) is 12.0 Å². The molecule has 0 fully saturated rings. The minimum atomic E-state index is -3.39. The van der Waals surface area contributed by atoms with Crippen molar-refractivity contribution in [3.63, 3.8) is 0 Å². The van der Waals surface area contributed by atoms with E-state index in [-0.39, 0.29) is 5.75 Å². The Balaban J connectivity index is 2.84. The Morgan fingerprint density at radius 2 is 2.17 bits per heavy atom. The molecule has 0 aliphatic carbocycles. The van der Waals surface area contributed by atoms with Crippen LogP contribution in [0, 0.1) is 18.3 Å². The molecule has 0 amide bonds. The van der Waals surface area contributed by atoms with Crippen LogP contribution in [0.2, 0.25) is 0 Å². The zero-order valence-corrected chi connectivity index (χ0v) is 11.5. The third-order valence-corrected chi connectivity index (χ3v) is 3.99. The predicted octanol–water partition coefficient (Wildman–Crippen LogP) is 2.28. The van der Waals surface area contributed by atoms with Gasteiger partial charge < -0.3 is 0 Å². The van der Waals surface area contributed by atoms with Crippen molar-refractivity contribution in [3.8, 4) is 6.07 Å². The number of hydrogen-bond donors (Lipinski definition) is 1. The van der Waals surface area contributed by atoms with E-state index in [1.165, 1.54) is 0 Å². The molecule has 18 heavy (non-hydrogen) atoms. The minimum absolute atomic E-state index is 0.0630. The lowest BCUT2D eigenvalue weighted by Gasteiger charge is -2.12. The molecule has 1 aromatic carbocycles. The zero-order valence-electron chi connectivity index (χ0n) is 10.7. The molecule has 0 aromatic heterocycles. The van der Waals surface area contributed by atoms with Crippen LogP contribution in [-0.2, 0) is 10.0 Å². The maximum Gasteiger partial charge on any atom is 0.213 e. The highest BCUT2D eigenvalue weighted by atomic mass is 32.2. The lowest BCUT2D eigenvalue weighted by atomic mass is 10.1. The molecule has 1 rings (SSSR count). The second kappa shape index (κ2) is 6.53. The number of aryl methyl sites for hydroxylation is 1. The first-order chi connectivity index (χ1) is 8.48. The van der Waals surface area contributed by atoms with Crippen molar-refractivity contribution in [2.24, 2.45) is 0 Å². The van der Waals surface area contributed by atoms with Gasteiger partial charge in [0.2, 0.25) is 10.0 Å². The lowest BCUT2D eigenvalue weighted by Crippen LogP contribution is -2.30. The first kappa shape index (κ1) is 14.7. The molecule has 1 N–H and O–H groups in total. The quantitative estimate of drug-likeness (QED) is 0.858. The van der Waals surface area contributed by atoms with Crippen LogP contribution >= 0.6 is 0 Å². The summed E-state index contributed by atoms with van der Waals surface area (Å²) in [4.78, 5) is 0. The summed E-state index contributed by atoms with van der Waals surface area (Å²) in [5, 5.41) is 9.08. The fourth-order valence-electron chi connectivity index (χ4n) is 1.59. The molecular formula is C13H18N2O2S. The summed E-state index contributed by atoms with van der Waals surface area (Å²) in [7, 11) is -3.39. The maximum atomic E-state index is 11.8. The summed E-state index contributed by atoms with van der Waals surface area (Å²) >= 11 is 0. The van der Waals surface area contributed by atoms with Crippen molar-refractivity contribution in [2.75, 3.05) is 5.75 Å². The van der Waals surface area contributed by atoms with Gasteiger partial charge in [-0.25, -0.2) is 8.42 Å². The van der Waals surface area contributed by atoms with Gasteiger partial charge >= 0.3 is 0 Å². The van der Waals surface area contributed by atoms with Crippen LogP contribution < -0.4 is 4.72 Å². The fourth-order valence-corrected chi connectivity index (χ4v) is 2.93. The van der Waals surface area contributed by atoms with Gasteiger partial charge in [0.15, 0.2) is 0 Å². The highest BCUT2D eigenvalue weighted by Gasteiger charge is 2.18. The Hall–Kier alpha value is -1.38. The second-order valence-corrected chi connectivity index (χ2v) is 6.14. The molecule has 0 bridgehead atoms. The number of hydrogen-bond acceptors (Lipinski definition) is 3. The first-order valence-electron chi connectivity index (χ1n) is 5.94. The molecule has 0 heterocycles. The SMILES string of the molecule is CCCCS(=O)(=O)NC(C#N)c1cccc(C)c1. The van der Waals surface area contributed by atoms with E-state index in [1.54, 1.807) is 6.07 Å². The van der Waals surface area contributed by atoms with E-state index < -0.39 is 16.1 Å². The van der Waals surface area contributed by atoms with Crippen LogP contribution in [-0.4, -0.2) is 14.2 Å². The van der Waals surface area contributed by atoms with E-state index in [0.29, 0.717) is 12.0 Å². The Morgan fingerprint density at radius 1 is 1.44 bits per heavy atom. The number of nitriles is 1. The summed E-state index contributed by atoms with van der Waals surface area (Å²) in [5.74, 6) is 0.0630. The summed E-state index contributed by atoms with van der Waals surface area (Å²) in [5.41, 5.74) is 1.68. The topological polar surface area (TPSA) is 70.0 Å². The van der Waals surface area contributed by atoms with Crippen molar-refractivity contribution in [3.05, 3.63) is 35.4 Å². The summed E-state index contributed by atoms with van der Waals surface area (Å²) in [6, 6.07) is 8.46. The monoisotopic (exact) mass is 266 g/mol. The molecule has 1 atom stereocenters. The van der Waals surface area contributed by atoms with Crippen molar-refractivity contribution in [2.45, 2.75) is 32.7 Å². The standard InChI is InChI=1S/C13H18N2O2S/c1-3-4-8-18(16,17)15-13(10-14)12-7-5-6-11(2)9-12/h5-7,9,13,15H,3-4,8H2,1-2H3. The molecular weight excluding hydrogens is 248 g/mol. The molecule has 98 valence electrons. The highest BCUT2D eigenvalue weighted by molar-refractivity contribution is 7.89. The molecule has 1 unspecified atom stereocenters. The van der Waals surface area contributed by atoms with Crippen molar-refractivity contribution in [1.82, 2.24) is 4.72 Å². The Labute approximate surface area is 109 Å². The summed E-state index contributed by atoms with van der Waals surface area (Å²) in [6.45, 7) is 3.83. The number of sulfonamides is 1. The molecule has 5 heteroatoms. The van der Waals surface area contributed by atoms with E-state index in [4.69, 9.17) is 5.26 Å². The molecule has 0 saturated heterocycles. The van der Waals surface area contributed by atoms with Crippen LogP contribution in [0.25, 0.3) is 0 Å². The van der Waals surface area contributed by atoms with E-state index in [1.807, 2.05) is 38.1 Å². The summed E-state index contributed by atoms with van der Waals surface area (Å²) in [6.07, 6.45) is 1.41. The van der Waals surface area contributed by atoms with Crippen LogP contribution in [0.15, 0.2) is 24.3 Å². The lowest BCUT2D eigenvalue weighted by molar-refractivity contribution is 0.572. The number of rotatable bonds is 6. The normalized spacial score (nSPS) is 12.9. The van der Waals surface area contributed by atoms with Gasteiger partial charge in [-0.1, -0.05) is 43.2 Å². The van der Waals surface area contributed by atoms with Gasteiger partial charge in [0, 0.05) is 0 Å². The molecule has 0 radical (unpaired) electrons. The molecule has 0 spiro atoms. The summed E-state index contributed by atoms with van der Waals surface area (Å²) < 4.78 is 25.9. The first-order valence-corrected chi connectivity index (χ1v) is 7.60. The Morgan fingerprint density at radius 3 is 2.72 bits per heavy atom. The van der Waals surface area contributed by atoms with Crippen molar-refractivity contribution in [1.29, 1.82) is 5.26 Å². The third-order valence-electron chi connectivity index (χ3n) is 2.57. The van der Waals surface area contributed by atoms with Gasteiger partial charge in [0.05, 0.1) is 11.8 Å². The third kappa shape index (κ3) is 4.47. The largest absolute Gasteiger partial charge is 0.213 e. The van der Waals surface area contributed by atoms with Crippen molar-refractivity contribution < 1.29 is 8.42 Å². The number of nitrogens with one attached hydrogen (secondary N) is 1. The van der Waals surface area contributed by atoms with Gasteiger partial charge in [0.1, 0.15) is 6.04 Å². The molecule has 0 saturated carbocycles. The molecule has 0 aliphatic heterocycles. The van der Waals surface area contributed by atoms with E-state index in [2.05, 4.69) is 4.72 Å². The average Bonchev–Trinajstić information content (AvgIpc) is 2.33. The maximum absolute atomic E-state index is 11.8. The Kier molecular flexibility index (Phi) is 5.32. The van der Waals surface area contributed by atoms with Gasteiger partial charge in [-0.05, 0) is 18.9 Å². The fraction of sp³-hybridized carbons (Fsp3) is 0.462. The van der Waals surface area contributed by atoms with Crippen LogP contribution in [0.3, 0.4) is 0 Å². The van der Waals surface area contributed by atoms with Gasteiger partial charge in [-0.2, -0.15) is 9.98 Å². The number of benzene rings is 1. The molecule has 4 nitrogen and oxygen atoms in total. The Bertz CT molecular complexity index is 532.